The van der Waals surface area contributed by atoms with Gasteiger partial charge in [0.05, 0.1) is 5.92 Å². The summed E-state index contributed by atoms with van der Waals surface area (Å²) in [5, 5.41) is 2.99. The van der Waals surface area contributed by atoms with Crippen molar-refractivity contribution in [3.05, 3.63) is 0 Å². The molecule has 140 valence electrons. The third kappa shape index (κ3) is 5.40. The molecular formula is C16H32N4O3S. The maximum Gasteiger partial charge on any atom is 0.281 e. The number of likely N-dealkylation sites (tertiary alicyclic amines) is 1. The SMILES string of the molecule is CN(C)S(=O)(=O)N1CCC[C@H](C(=O)NCCCN2CCCCC2)C1. The molecule has 2 heterocycles. The molecule has 2 saturated heterocycles. The van der Waals surface area contributed by atoms with Gasteiger partial charge in [-0.05, 0) is 51.7 Å². The molecule has 0 aromatic carbocycles. The molecule has 2 aliphatic heterocycles. The predicted octanol–water partition coefficient (Wildman–Crippen LogP) is 0.497. The van der Waals surface area contributed by atoms with Gasteiger partial charge in [0.15, 0.2) is 0 Å². The monoisotopic (exact) mass is 360 g/mol. The molecule has 7 nitrogen and oxygen atoms in total. The zero-order valence-electron chi connectivity index (χ0n) is 15.0. The summed E-state index contributed by atoms with van der Waals surface area (Å²) in [4.78, 5) is 14.8. The van der Waals surface area contributed by atoms with Gasteiger partial charge in [-0.25, -0.2) is 0 Å². The van der Waals surface area contributed by atoms with Crippen molar-refractivity contribution in [1.29, 1.82) is 0 Å². The van der Waals surface area contributed by atoms with Gasteiger partial charge in [0, 0.05) is 33.7 Å². The highest BCUT2D eigenvalue weighted by atomic mass is 32.2. The van der Waals surface area contributed by atoms with Crippen LogP contribution in [0.15, 0.2) is 0 Å². The number of carbonyl (C=O) groups excluding carboxylic acids is 1. The highest BCUT2D eigenvalue weighted by Crippen LogP contribution is 2.20. The zero-order chi connectivity index (χ0) is 17.6. The van der Waals surface area contributed by atoms with E-state index >= 15 is 0 Å². The van der Waals surface area contributed by atoms with Gasteiger partial charge in [-0.15, -0.1) is 0 Å². The Bertz CT molecular complexity index is 503. The molecule has 1 atom stereocenters. The Morgan fingerprint density at radius 1 is 1.12 bits per heavy atom. The fourth-order valence-electron chi connectivity index (χ4n) is 3.44. The number of hydrogen-bond donors (Lipinski definition) is 1. The summed E-state index contributed by atoms with van der Waals surface area (Å²) in [6.45, 7) is 4.85. The first-order valence-electron chi connectivity index (χ1n) is 9.09. The lowest BCUT2D eigenvalue weighted by Crippen LogP contribution is -2.49. The number of hydrogen-bond acceptors (Lipinski definition) is 4. The van der Waals surface area contributed by atoms with Gasteiger partial charge in [-0.1, -0.05) is 6.42 Å². The first-order chi connectivity index (χ1) is 11.4. The number of rotatable bonds is 7. The van der Waals surface area contributed by atoms with Crippen LogP contribution >= 0.6 is 0 Å². The van der Waals surface area contributed by atoms with E-state index in [1.807, 2.05) is 0 Å². The number of amides is 1. The van der Waals surface area contributed by atoms with Gasteiger partial charge in [-0.3, -0.25) is 4.79 Å². The van der Waals surface area contributed by atoms with Crippen LogP contribution in [0.3, 0.4) is 0 Å². The van der Waals surface area contributed by atoms with Gasteiger partial charge >= 0.3 is 0 Å². The lowest BCUT2D eigenvalue weighted by molar-refractivity contribution is -0.126. The van der Waals surface area contributed by atoms with Crippen LogP contribution in [-0.4, -0.2) is 81.2 Å². The topological polar surface area (TPSA) is 73.0 Å². The van der Waals surface area contributed by atoms with Crippen LogP contribution in [-0.2, 0) is 15.0 Å². The summed E-state index contributed by atoms with van der Waals surface area (Å²) >= 11 is 0. The lowest BCUT2D eigenvalue weighted by atomic mass is 9.99. The van der Waals surface area contributed by atoms with E-state index in [9.17, 15) is 13.2 Å². The van der Waals surface area contributed by atoms with E-state index in [1.165, 1.54) is 55.1 Å². The second kappa shape index (κ2) is 9.12. The molecule has 24 heavy (non-hydrogen) atoms. The first kappa shape index (κ1) is 19.6. The van der Waals surface area contributed by atoms with E-state index in [-0.39, 0.29) is 11.8 Å². The Morgan fingerprint density at radius 2 is 1.83 bits per heavy atom. The van der Waals surface area contributed by atoms with E-state index in [1.54, 1.807) is 0 Å². The van der Waals surface area contributed by atoms with Crippen LogP contribution in [0.4, 0.5) is 0 Å². The molecule has 0 bridgehead atoms. The summed E-state index contributed by atoms with van der Waals surface area (Å²) < 4.78 is 27.0. The fourth-order valence-corrected chi connectivity index (χ4v) is 4.63. The summed E-state index contributed by atoms with van der Waals surface area (Å²) in [7, 11) is -0.371. The van der Waals surface area contributed by atoms with E-state index in [0.717, 1.165) is 25.8 Å². The predicted molar refractivity (Wildman–Crippen MR) is 94.8 cm³/mol. The van der Waals surface area contributed by atoms with Crippen molar-refractivity contribution >= 4 is 16.1 Å². The molecule has 1 amide bonds. The average Bonchev–Trinajstić information content (AvgIpc) is 2.59. The third-order valence-corrected chi connectivity index (χ3v) is 6.85. The van der Waals surface area contributed by atoms with Gasteiger partial charge in [0.2, 0.25) is 5.91 Å². The minimum absolute atomic E-state index is 0.00713. The summed E-state index contributed by atoms with van der Waals surface area (Å²) in [5.74, 6) is -0.240. The van der Waals surface area contributed by atoms with Gasteiger partial charge in [0.25, 0.3) is 10.2 Å². The van der Waals surface area contributed by atoms with Crippen molar-refractivity contribution in [2.75, 3.05) is 53.4 Å². The molecule has 0 unspecified atom stereocenters. The largest absolute Gasteiger partial charge is 0.356 e. The Kier molecular flexibility index (Phi) is 7.46. The third-order valence-electron chi connectivity index (χ3n) is 4.94. The maximum absolute atomic E-state index is 12.3. The molecule has 0 radical (unpaired) electrons. The Hall–Kier alpha value is -0.700. The molecule has 8 heteroatoms. The molecule has 2 rings (SSSR count). The summed E-state index contributed by atoms with van der Waals surface area (Å²) in [5.41, 5.74) is 0. The number of piperidine rings is 2. The molecule has 2 fully saturated rings. The van der Waals surface area contributed by atoms with Crippen LogP contribution in [0.1, 0.15) is 38.5 Å². The average molecular weight is 361 g/mol. The van der Waals surface area contributed by atoms with E-state index in [2.05, 4.69) is 10.2 Å². The van der Waals surface area contributed by atoms with Crippen molar-refractivity contribution < 1.29 is 13.2 Å². The molecule has 0 saturated carbocycles. The van der Waals surface area contributed by atoms with Gasteiger partial charge < -0.3 is 10.2 Å². The zero-order valence-corrected chi connectivity index (χ0v) is 15.9. The number of nitrogens with one attached hydrogen (secondary N) is 1. The van der Waals surface area contributed by atoms with Crippen LogP contribution in [0, 0.1) is 5.92 Å². The molecule has 0 spiro atoms. The fraction of sp³-hybridized carbons (Fsp3) is 0.938. The summed E-state index contributed by atoms with van der Waals surface area (Å²) in [6, 6.07) is 0. The second-order valence-electron chi connectivity index (χ2n) is 7.03. The molecule has 2 aliphatic rings. The minimum atomic E-state index is -3.43. The highest BCUT2D eigenvalue weighted by Gasteiger charge is 2.33. The second-order valence-corrected chi connectivity index (χ2v) is 9.18. The van der Waals surface area contributed by atoms with Crippen molar-refractivity contribution in [1.82, 2.24) is 18.8 Å². The van der Waals surface area contributed by atoms with Crippen LogP contribution in [0.5, 0.6) is 0 Å². The molecule has 0 aromatic heterocycles. The van der Waals surface area contributed by atoms with E-state index in [0.29, 0.717) is 19.6 Å². The molecular weight excluding hydrogens is 328 g/mol. The number of nitrogens with zero attached hydrogens (tertiary/aromatic N) is 3. The first-order valence-corrected chi connectivity index (χ1v) is 10.5. The van der Waals surface area contributed by atoms with Crippen LogP contribution in [0.2, 0.25) is 0 Å². The normalized spacial score (nSPS) is 24.2. The van der Waals surface area contributed by atoms with Crippen molar-refractivity contribution in [2.45, 2.75) is 38.5 Å². The van der Waals surface area contributed by atoms with Crippen molar-refractivity contribution in [2.24, 2.45) is 5.92 Å². The quantitative estimate of drug-likeness (QED) is 0.671. The van der Waals surface area contributed by atoms with Crippen molar-refractivity contribution in [3.8, 4) is 0 Å². The summed E-state index contributed by atoms with van der Waals surface area (Å²) in [6.07, 6.45) is 6.35. The van der Waals surface area contributed by atoms with Gasteiger partial charge in [-0.2, -0.15) is 17.0 Å². The van der Waals surface area contributed by atoms with Crippen LogP contribution < -0.4 is 5.32 Å². The van der Waals surface area contributed by atoms with Gasteiger partial charge in [0.1, 0.15) is 0 Å². The standard InChI is InChI=1S/C16H32N4O3S/c1-18(2)24(22,23)20-13-6-8-15(14-20)16(21)17-9-7-12-19-10-4-3-5-11-19/h15H,3-14H2,1-2H3,(H,17,21)/t15-/m0/s1. The highest BCUT2D eigenvalue weighted by molar-refractivity contribution is 7.86. The molecule has 0 aliphatic carbocycles. The Morgan fingerprint density at radius 3 is 2.50 bits per heavy atom. The molecule has 0 aromatic rings. The maximum atomic E-state index is 12.3. The minimum Gasteiger partial charge on any atom is -0.356 e. The van der Waals surface area contributed by atoms with E-state index in [4.69, 9.17) is 0 Å². The van der Waals surface area contributed by atoms with Crippen LogP contribution in [0.25, 0.3) is 0 Å². The van der Waals surface area contributed by atoms with Crippen molar-refractivity contribution in [3.63, 3.8) is 0 Å². The Labute approximate surface area is 146 Å². The number of carbonyl (C=O) groups is 1. The molecule has 1 N–H and O–H groups in total. The lowest BCUT2D eigenvalue weighted by Gasteiger charge is -2.32. The smallest absolute Gasteiger partial charge is 0.281 e. The Balaban J connectivity index is 1.71. The van der Waals surface area contributed by atoms with E-state index < -0.39 is 10.2 Å².